The molecule has 0 unspecified atom stereocenters. The van der Waals surface area contributed by atoms with Gasteiger partial charge in [-0.3, -0.25) is 24.1 Å². The molecular formula is C51H64BrN11O7. The molecule has 0 atom stereocenters. The molecule has 1 aliphatic carbocycles. The summed E-state index contributed by atoms with van der Waals surface area (Å²) in [6, 6.07) is 14.7. The zero-order chi connectivity index (χ0) is 47.3. The second-order valence-corrected chi connectivity index (χ2v) is 19.2. The first-order valence-electron chi connectivity index (χ1n) is 22.0. The number of anilines is 7. The lowest BCUT2D eigenvalue weighted by Crippen LogP contribution is -2.50. The van der Waals surface area contributed by atoms with E-state index >= 15 is 0 Å². The molecule has 0 spiro atoms. The second-order valence-electron chi connectivity index (χ2n) is 18.3. The van der Waals surface area contributed by atoms with E-state index in [1.54, 1.807) is 74.2 Å². The van der Waals surface area contributed by atoms with E-state index in [1.807, 2.05) is 34.1 Å². The van der Waals surface area contributed by atoms with E-state index in [4.69, 9.17) is 4.74 Å². The van der Waals surface area contributed by atoms with Crippen molar-refractivity contribution in [2.75, 3.05) is 58.1 Å². The van der Waals surface area contributed by atoms with Crippen LogP contribution in [0.4, 0.5) is 40.2 Å². The van der Waals surface area contributed by atoms with Crippen molar-refractivity contribution in [2.45, 2.75) is 81.3 Å². The predicted octanol–water partition coefficient (Wildman–Crippen LogP) is 6.79. The maximum absolute atomic E-state index is 14.0. The molecule has 6 aromatic heterocycles. The van der Waals surface area contributed by atoms with Gasteiger partial charge in [-0.1, -0.05) is 36.1 Å². The average Bonchev–Trinajstić information content (AvgIpc) is 3.77. The van der Waals surface area contributed by atoms with Crippen LogP contribution >= 0.6 is 15.9 Å². The summed E-state index contributed by atoms with van der Waals surface area (Å²) in [6.07, 6.45) is 9.80. The van der Waals surface area contributed by atoms with Crippen LogP contribution in [0.15, 0.2) is 93.6 Å². The molecule has 372 valence electrons. The van der Waals surface area contributed by atoms with Crippen molar-refractivity contribution in [3.05, 3.63) is 127 Å². The average molecular weight is 1020 g/mol. The molecule has 10 rings (SSSR count). The molecular weight excluding hydrogens is 959 g/mol. The van der Waals surface area contributed by atoms with E-state index in [-0.39, 0.29) is 63.5 Å². The van der Waals surface area contributed by atoms with E-state index < -0.39 is 5.97 Å². The van der Waals surface area contributed by atoms with Gasteiger partial charge in [0.15, 0.2) is 0 Å². The summed E-state index contributed by atoms with van der Waals surface area (Å²) in [5, 5.41) is 25.1. The number of β-amino-alcohol motifs (C(OH)–C–C–N with tert-alkyl or cyclic N) is 2. The Labute approximate surface area is 416 Å². The van der Waals surface area contributed by atoms with E-state index in [9.17, 15) is 29.4 Å². The van der Waals surface area contributed by atoms with E-state index in [0.29, 0.717) is 90.5 Å². The van der Waals surface area contributed by atoms with Gasteiger partial charge >= 0.3 is 5.97 Å². The largest absolute Gasteiger partial charge is 0.461 e. The summed E-state index contributed by atoms with van der Waals surface area (Å²) in [7, 11) is 3.36. The number of aryl methyl sites for hydroxylation is 2. The zero-order valence-electron chi connectivity index (χ0n) is 37.9. The van der Waals surface area contributed by atoms with Gasteiger partial charge < -0.3 is 49.1 Å². The Balaban J connectivity index is 0.000000282. The number of aliphatic hydroxyl groups is 2. The van der Waals surface area contributed by atoms with Crippen LogP contribution in [0.1, 0.15) is 70.4 Å². The molecule has 0 aromatic carbocycles. The highest BCUT2D eigenvalue weighted by Gasteiger charge is 2.38. The first kappa shape index (κ1) is 52.5. The Bertz CT molecular complexity index is 2990. The zero-order valence-corrected chi connectivity index (χ0v) is 39.4. The molecule has 1 amide bonds. The van der Waals surface area contributed by atoms with E-state index in [1.165, 1.54) is 27.3 Å². The Morgan fingerprint density at radius 1 is 0.786 bits per heavy atom. The first-order valence-corrected chi connectivity index (χ1v) is 22.8. The van der Waals surface area contributed by atoms with Gasteiger partial charge in [-0.2, -0.15) is 0 Å². The van der Waals surface area contributed by atoms with Crippen LogP contribution in [-0.4, -0.2) is 95.7 Å². The molecule has 4 aliphatic rings. The molecule has 18 nitrogen and oxygen atoms in total. The molecule has 4 N–H and O–H groups in total. The third kappa shape index (κ3) is 10.8. The van der Waals surface area contributed by atoms with E-state index in [2.05, 4.69) is 59.9 Å². The smallest absolute Gasteiger partial charge is 0.302 e. The Morgan fingerprint density at radius 3 is 1.90 bits per heavy atom. The molecule has 19 heteroatoms. The first-order chi connectivity index (χ1) is 32.0. The number of rotatable bonds is 10. The highest BCUT2D eigenvalue weighted by Crippen LogP contribution is 2.40. The maximum atomic E-state index is 14.0. The van der Waals surface area contributed by atoms with Gasteiger partial charge in [0.05, 0.1) is 36.0 Å². The minimum Gasteiger partial charge on any atom is -0.461 e. The van der Waals surface area contributed by atoms with Crippen LogP contribution < -0.4 is 36.5 Å². The van der Waals surface area contributed by atoms with Crippen LogP contribution in [0, 0.1) is 5.41 Å². The summed E-state index contributed by atoms with van der Waals surface area (Å²) < 4.78 is 11.4. The molecule has 9 heterocycles. The van der Waals surface area contributed by atoms with E-state index in [0.717, 1.165) is 28.7 Å². The number of fused-ring (bicyclic) bond motifs is 3. The molecule has 2 saturated heterocycles. The van der Waals surface area contributed by atoms with Gasteiger partial charge in [0.1, 0.15) is 41.1 Å². The number of hydrogen-bond donors (Lipinski definition) is 4. The number of ether oxygens (including phenoxy) is 1. The summed E-state index contributed by atoms with van der Waals surface area (Å²) in [4.78, 5) is 70.3. The number of nitrogens with zero attached hydrogens (tertiary/aromatic N) is 9. The molecule has 70 heavy (non-hydrogen) atoms. The molecule has 0 radical (unpaired) electrons. The lowest BCUT2D eigenvalue weighted by Gasteiger charge is -2.37. The fourth-order valence-electron chi connectivity index (χ4n) is 9.02. The molecule has 2 fully saturated rings. The monoisotopic (exact) mass is 1020 g/mol. The highest BCUT2D eigenvalue weighted by atomic mass is 79.9. The van der Waals surface area contributed by atoms with Gasteiger partial charge in [-0.05, 0) is 93.8 Å². The summed E-state index contributed by atoms with van der Waals surface area (Å²) >= 11 is 3.36. The number of amides is 1. The van der Waals surface area contributed by atoms with Crippen molar-refractivity contribution in [3.8, 4) is 11.1 Å². The van der Waals surface area contributed by atoms with Crippen molar-refractivity contribution >= 4 is 68.0 Å². The van der Waals surface area contributed by atoms with Gasteiger partial charge in [-0.25, -0.2) is 15.0 Å². The third-order valence-electron chi connectivity index (χ3n) is 12.5. The number of hydrogen-bond acceptors (Lipinski definition) is 14. The Hall–Kier alpha value is -6.83. The van der Waals surface area contributed by atoms with Gasteiger partial charge in [0, 0.05) is 100 Å². The molecule has 0 bridgehead atoms. The lowest BCUT2D eigenvalue weighted by atomic mass is 9.90. The van der Waals surface area contributed by atoms with Crippen molar-refractivity contribution in [1.82, 2.24) is 28.7 Å². The quantitative estimate of drug-likeness (QED) is 0.104. The molecule has 3 aliphatic heterocycles. The summed E-state index contributed by atoms with van der Waals surface area (Å²) in [5.41, 5.74) is 7.49. The fourth-order valence-corrected chi connectivity index (χ4v) is 9.56. The number of nitrogens with one attached hydrogen (secondary N) is 2. The third-order valence-corrected chi connectivity index (χ3v) is 12.9. The maximum Gasteiger partial charge on any atom is 0.302 e. The molecule has 0 saturated carbocycles. The normalized spacial score (nSPS) is 15.7. The highest BCUT2D eigenvalue weighted by molar-refractivity contribution is 9.10. The minimum absolute atomic E-state index is 0. The Morgan fingerprint density at radius 2 is 1.36 bits per heavy atom. The van der Waals surface area contributed by atoms with Gasteiger partial charge in [-0.15, -0.1) is 0 Å². The fraction of sp³-hybridized carbons (Fsp3) is 0.392. The number of aliphatic hydroxyl groups excluding tert-OH is 2. The lowest BCUT2D eigenvalue weighted by molar-refractivity contribution is -0.142. The topological polar surface area (TPSA) is 205 Å². The summed E-state index contributed by atoms with van der Waals surface area (Å²) in [5.74, 6) is 0.927. The summed E-state index contributed by atoms with van der Waals surface area (Å²) in [6.45, 7) is 9.23. The minimum atomic E-state index is -0.455. The number of halogens is 1. The number of esters is 1. The number of carbonyl (C=O) groups excluding carboxylic acids is 2. The number of pyridine rings is 5. The SMILES string of the molecule is C.C.C.CC(=O)OCc1c(-c2cc(Nc3ccc(N4CC(O)C4)cn3)c(=O)n(C)c2)ccnc1N1CCn2c(cc3c2CC(C)(C)C3)C1=O.Cn1cc(Br)cc(Nc2ccc(N3CC(O)C3)cn2)c1=O. The van der Waals surface area contributed by atoms with Crippen molar-refractivity contribution < 1.29 is 24.5 Å². The van der Waals surface area contributed by atoms with Crippen molar-refractivity contribution in [1.29, 1.82) is 0 Å². The predicted molar refractivity (Wildman–Crippen MR) is 279 cm³/mol. The second kappa shape index (κ2) is 21.0. The van der Waals surface area contributed by atoms with Crippen LogP contribution in [0.25, 0.3) is 11.1 Å². The standard InChI is InChI=1S/C34H37N7O5.C14H15BrN4O2.3CH4/c1-20(42)46-19-26-25(7-8-35-31(26)41-10-9-40-28(33(41)45)12-21-13-34(2,3)14-29(21)40)22-11-27(32(44)38(4)16-22)37-30-6-5-23(15-36-30)39-17-24(43)18-39;1-18-6-9(15)4-12(14(18)21)17-13-3-2-10(5-16-13)19-7-11(20)8-19;;;/h5-8,11-12,15-16,24,43H,9-10,13-14,17-19H2,1-4H3,(H,36,37);2-6,11,20H,7-8H2,1H3,(H,16,17);3*1H4. The van der Waals surface area contributed by atoms with Crippen LogP contribution in [0.2, 0.25) is 0 Å². The molecule has 6 aromatic rings. The van der Waals surface area contributed by atoms with Crippen molar-refractivity contribution in [3.63, 3.8) is 0 Å². The number of carbonyl (C=O) groups is 2. The van der Waals surface area contributed by atoms with Gasteiger partial charge in [0.2, 0.25) is 0 Å². The van der Waals surface area contributed by atoms with Crippen LogP contribution in [-0.2, 0) is 49.6 Å². The number of aromatic nitrogens is 6. The Kier molecular flexibility index (Phi) is 15.8. The van der Waals surface area contributed by atoms with Crippen LogP contribution in [0.5, 0.6) is 0 Å². The van der Waals surface area contributed by atoms with Crippen molar-refractivity contribution in [2.24, 2.45) is 19.5 Å². The van der Waals surface area contributed by atoms with Gasteiger partial charge in [0.25, 0.3) is 17.0 Å². The van der Waals surface area contributed by atoms with Crippen LogP contribution in [0.3, 0.4) is 0 Å².